The average molecular weight is 334 g/mol. The van der Waals surface area contributed by atoms with E-state index in [0.717, 1.165) is 23.7 Å². The highest BCUT2D eigenvalue weighted by atomic mass is 79.9. The summed E-state index contributed by atoms with van der Waals surface area (Å²) in [6.45, 7) is 4.66. The first kappa shape index (κ1) is 17.0. The van der Waals surface area contributed by atoms with Gasteiger partial charge in [-0.1, -0.05) is 13.3 Å². The van der Waals surface area contributed by atoms with Crippen LogP contribution in [-0.4, -0.2) is 42.7 Å². The van der Waals surface area contributed by atoms with Gasteiger partial charge in [0.1, 0.15) is 6.04 Å². The Balaban J connectivity index is 0.00000180. The van der Waals surface area contributed by atoms with Crippen molar-refractivity contribution in [2.75, 3.05) is 20.1 Å². The molecule has 2 fully saturated rings. The Morgan fingerprint density at radius 2 is 1.95 bits per heavy atom. The Bertz CT molecular complexity index is 294. The molecule has 2 heterocycles. The smallest absolute Gasteiger partial charge is 0.306 e. The molecule has 2 rings (SSSR count). The zero-order valence-electron chi connectivity index (χ0n) is 12.4. The molecule has 4 heteroatoms. The summed E-state index contributed by atoms with van der Waals surface area (Å²) in [6, 6.07) is 0.568. The first-order chi connectivity index (χ1) is 8.65. The third-order valence-corrected chi connectivity index (χ3v) is 4.82. The van der Waals surface area contributed by atoms with E-state index in [1.54, 1.807) is 0 Å². The van der Waals surface area contributed by atoms with E-state index in [2.05, 4.69) is 14.0 Å². The number of piperidine rings is 2. The molecular weight excluding hydrogens is 306 g/mol. The van der Waals surface area contributed by atoms with Gasteiger partial charge in [0.2, 0.25) is 0 Å². The van der Waals surface area contributed by atoms with Gasteiger partial charge in [-0.25, -0.2) is 0 Å². The van der Waals surface area contributed by atoms with Crippen LogP contribution in [0.15, 0.2) is 0 Å². The lowest BCUT2D eigenvalue weighted by Crippen LogP contribution is -3.00. The molecule has 0 N–H and O–H groups in total. The van der Waals surface area contributed by atoms with E-state index in [-0.39, 0.29) is 29.1 Å². The fourth-order valence-corrected chi connectivity index (χ4v) is 3.70. The van der Waals surface area contributed by atoms with E-state index < -0.39 is 0 Å². The summed E-state index contributed by atoms with van der Waals surface area (Å²) in [4.78, 5) is 11.8. The van der Waals surface area contributed by atoms with Crippen molar-refractivity contribution in [3.63, 3.8) is 0 Å². The number of nitrogens with zero attached hydrogens (tertiary/aromatic N) is 1. The van der Waals surface area contributed by atoms with Crippen LogP contribution in [0.1, 0.15) is 58.3 Å². The van der Waals surface area contributed by atoms with Crippen LogP contribution < -0.4 is 17.0 Å². The Hall–Kier alpha value is -0.0900. The number of hydrogen-bond donors (Lipinski definition) is 0. The van der Waals surface area contributed by atoms with Crippen molar-refractivity contribution in [2.24, 2.45) is 0 Å². The lowest BCUT2D eigenvalue weighted by atomic mass is 9.88. The third-order valence-electron chi connectivity index (χ3n) is 4.82. The molecule has 2 aliphatic heterocycles. The molecular formula is C15H28BrNO2. The second-order valence-electron chi connectivity index (χ2n) is 6.26. The minimum absolute atomic E-state index is 0. The second kappa shape index (κ2) is 7.63. The van der Waals surface area contributed by atoms with Gasteiger partial charge in [-0.2, -0.15) is 0 Å². The normalized spacial score (nSPS) is 34.0. The maximum atomic E-state index is 11.8. The van der Waals surface area contributed by atoms with Crippen molar-refractivity contribution in [3.8, 4) is 0 Å². The molecule has 0 spiro atoms. The molecule has 0 saturated carbocycles. The number of carbonyl (C=O) groups excluding carboxylic acids is 1. The number of hydrogen-bond acceptors (Lipinski definition) is 2. The quantitative estimate of drug-likeness (QED) is 0.530. The Morgan fingerprint density at radius 1 is 1.21 bits per heavy atom. The Morgan fingerprint density at radius 3 is 2.68 bits per heavy atom. The summed E-state index contributed by atoms with van der Waals surface area (Å²) in [5, 5.41) is 0. The summed E-state index contributed by atoms with van der Waals surface area (Å²) in [6.07, 6.45) is 8.99. The van der Waals surface area contributed by atoms with E-state index in [4.69, 9.17) is 4.74 Å². The first-order valence-corrected chi connectivity index (χ1v) is 7.69. The van der Waals surface area contributed by atoms with E-state index >= 15 is 0 Å². The second-order valence-corrected chi connectivity index (χ2v) is 6.26. The summed E-state index contributed by atoms with van der Waals surface area (Å²) >= 11 is 0. The van der Waals surface area contributed by atoms with Gasteiger partial charge in [0.05, 0.1) is 20.1 Å². The molecule has 2 aliphatic rings. The molecule has 0 aromatic carbocycles. The monoisotopic (exact) mass is 333 g/mol. The highest BCUT2D eigenvalue weighted by molar-refractivity contribution is 5.69. The van der Waals surface area contributed by atoms with E-state index in [1.165, 1.54) is 38.8 Å². The van der Waals surface area contributed by atoms with Crippen molar-refractivity contribution in [1.29, 1.82) is 0 Å². The molecule has 3 nitrogen and oxygen atoms in total. The molecule has 1 unspecified atom stereocenters. The Labute approximate surface area is 128 Å². The maximum Gasteiger partial charge on any atom is 0.306 e. The highest BCUT2D eigenvalue weighted by Crippen LogP contribution is 2.33. The topological polar surface area (TPSA) is 26.3 Å². The van der Waals surface area contributed by atoms with Crippen LogP contribution in [0, 0.1) is 0 Å². The zero-order chi connectivity index (χ0) is 13.0. The molecule has 0 radical (unpaired) electrons. The molecule has 0 aliphatic carbocycles. The standard InChI is InChI=1S/C15H28NO2.BrH/c1-3-4-10-15(17)18-14-9-7-12-16(2)11-6-5-8-13(14)16;/h13-14H,3-12H2,1-2H3;1H/q+1;/p-1/t13-,14-,16?;/m1./s1. The van der Waals surface area contributed by atoms with Crippen molar-refractivity contribution < 1.29 is 31.0 Å². The molecule has 0 bridgehead atoms. The molecule has 0 amide bonds. The fraction of sp³-hybridized carbons (Fsp3) is 0.933. The number of likely N-dealkylation sites (N-methyl/N-ethyl adjacent to an activating group) is 1. The van der Waals surface area contributed by atoms with Gasteiger partial charge >= 0.3 is 5.97 Å². The first-order valence-electron chi connectivity index (χ1n) is 7.69. The fourth-order valence-electron chi connectivity index (χ4n) is 3.70. The molecule has 0 aromatic heterocycles. The van der Waals surface area contributed by atoms with E-state index in [0.29, 0.717) is 12.5 Å². The molecule has 0 aromatic rings. The van der Waals surface area contributed by atoms with Crippen LogP contribution in [0.5, 0.6) is 0 Å². The third kappa shape index (κ3) is 4.19. The Kier molecular flexibility index (Phi) is 6.81. The van der Waals surface area contributed by atoms with Crippen LogP contribution in [0.3, 0.4) is 0 Å². The zero-order valence-corrected chi connectivity index (χ0v) is 14.0. The predicted molar refractivity (Wildman–Crippen MR) is 72.2 cm³/mol. The number of unbranched alkanes of at least 4 members (excludes halogenated alkanes) is 1. The van der Waals surface area contributed by atoms with E-state index in [9.17, 15) is 4.79 Å². The lowest BCUT2D eigenvalue weighted by molar-refractivity contribution is -0.946. The largest absolute Gasteiger partial charge is 1.00 e. The van der Waals surface area contributed by atoms with Crippen molar-refractivity contribution in [2.45, 2.75) is 70.4 Å². The molecule has 112 valence electrons. The summed E-state index contributed by atoms with van der Waals surface area (Å²) in [5.41, 5.74) is 0. The van der Waals surface area contributed by atoms with Crippen LogP contribution in [0.2, 0.25) is 0 Å². The van der Waals surface area contributed by atoms with Crippen LogP contribution >= 0.6 is 0 Å². The van der Waals surface area contributed by atoms with Crippen molar-refractivity contribution in [1.82, 2.24) is 0 Å². The lowest BCUT2D eigenvalue weighted by Gasteiger charge is -2.50. The number of halogens is 1. The number of ether oxygens (including phenoxy) is 1. The van der Waals surface area contributed by atoms with Gasteiger partial charge in [-0.15, -0.1) is 0 Å². The number of rotatable bonds is 4. The van der Waals surface area contributed by atoms with E-state index in [1.807, 2.05) is 0 Å². The van der Waals surface area contributed by atoms with Gasteiger partial charge in [-0.05, 0) is 25.7 Å². The molecule has 19 heavy (non-hydrogen) atoms. The minimum Gasteiger partial charge on any atom is -1.00 e. The average Bonchev–Trinajstić information content (AvgIpc) is 2.36. The van der Waals surface area contributed by atoms with Crippen LogP contribution in [0.25, 0.3) is 0 Å². The van der Waals surface area contributed by atoms with Gasteiger partial charge in [-0.3, -0.25) is 4.79 Å². The highest BCUT2D eigenvalue weighted by Gasteiger charge is 2.45. The minimum atomic E-state index is 0. The predicted octanol–water partition coefficient (Wildman–Crippen LogP) is -0.115. The molecule has 2 saturated heterocycles. The summed E-state index contributed by atoms with van der Waals surface area (Å²) in [7, 11) is 2.36. The molecule has 3 atom stereocenters. The van der Waals surface area contributed by atoms with Gasteiger partial charge in [0.15, 0.2) is 6.10 Å². The summed E-state index contributed by atoms with van der Waals surface area (Å²) < 4.78 is 6.92. The number of esters is 1. The number of quaternary nitrogens is 1. The maximum absolute atomic E-state index is 11.8. The number of fused-ring (bicyclic) bond motifs is 1. The van der Waals surface area contributed by atoms with Crippen molar-refractivity contribution >= 4 is 5.97 Å². The van der Waals surface area contributed by atoms with Gasteiger partial charge in [0, 0.05) is 19.3 Å². The van der Waals surface area contributed by atoms with Gasteiger partial charge < -0.3 is 26.2 Å². The number of carbonyl (C=O) groups is 1. The van der Waals surface area contributed by atoms with Crippen LogP contribution in [-0.2, 0) is 9.53 Å². The SMILES string of the molecule is CCCCC(=O)O[C@@H]1CCC[N+]2(C)CCCC[C@H]12.[Br-]. The van der Waals surface area contributed by atoms with Gasteiger partial charge in [0.25, 0.3) is 0 Å². The summed E-state index contributed by atoms with van der Waals surface area (Å²) in [5.74, 6) is 0.0286. The van der Waals surface area contributed by atoms with Crippen LogP contribution in [0.4, 0.5) is 0 Å². The van der Waals surface area contributed by atoms with Crippen molar-refractivity contribution in [3.05, 3.63) is 0 Å².